The minimum atomic E-state index is -0.0214. The van der Waals surface area contributed by atoms with E-state index in [0.29, 0.717) is 12.1 Å². The molecule has 1 heterocycles. The van der Waals surface area contributed by atoms with Gasteiger partial charge in [-0.15, -0.1) is 0 Å². The fraction of sp³-hybridized carbons (Fsp3) is 0.316. The minimum absolute atomic E-state index is 0.0214. The molecule has 4 heteroatoms. The molecule has 1 N–H and O–H groups in total. The summed E-state index contributed by atoms with van der Waals surface area (Å²) in [5.41, 5.74) is 3.09. The number of hydrogen-bond donors (Lipinski definition) is 1. The van der Waals surface area contributed by atoms with Crippen LogP contribution in [0.3, 0.4) is 0 Å². The molecule has 0 aliphatic carbocycles. The number of hydrogen-bond acceptors (Lipinski definition) is 2. The summed E-state index contributed by atoms with van der Waals surface area (Å²) in [4.78, 5) is 14.5. The Morgan fingerprint density at radius 3 is 2.30 bits per heavy atom. The molecule has 0 unspecified atom stereocenters. The Labute approximate surface area is 142 Å². The monoisotopic (exact) mass is 328 g/mol. The van der Waals surface area contributed by atoms with Crippen molar-refractivity contribution in [3.63, 3.8) is 0 Å². The zero-order chi connectivity index (χ0) is 16.1. The van der Waals surface area contributed by atoms with Gasteiger partial charge in [0.1, 0.15) is 0 Å². The predicted molar refractivity (Wildman–Crippen MR) is 95.4 cm³/mol. The van der Waals surface area contributed by atoms with Crippen LogP contribution in [0.25, 0.3) is 0 Å². The highest BCUT2D eigenvalue weighted by atomic mass is 35.5. The Kier molecular flexibility index (Phi) is 5.19. The molecule has 1 saturated heterocycles. The maximum absolute atomic E-state index is 12.2. The average molecular weight is 329 g/mol. The third-order valence-electron chi connectivity index (χ3n) is 4.21. The van der Waals surface area contributed by atoms with Crippen LogP contribution in [0.15, 0.2) is 48.5 Å². The molecule has 3 rings (SSSR count). The molecule has 1 aliphatic heterocycles. The van der Waals surface area contributed by atoms with Crippen LogP contribution in [0.1, 0.15) is 28.8 Å². The number of halogens is 1. The van der Waals surface area contributed by atoms with Gasteiger partial charge in [-0.25, -0.2) is 0 Å². The van der Waals surface area contributed by atoms with E-state index in [2.05, 4.69) is 10.2 Å². The average Bonchev–Trinajstić information content (AvgIpc) is 3.11. The third kappa shape index (κ3) is 4.26. The van der Waals surface area contributed by atoms with E-state index in [1.165, 1.54) is 24.1 Å². The summed E-state index contributed by atoms with van der Waals surface area (Å²) in [6, 6.07) is 15.6. The molecule has 0 saturated carbocycles. The SMILES string of the molecule is O=C(NCCc1ccc(Cl)cc1)c1ccc(N2CCCC2)cc1. The highest BCUT2D eigenvalue weighted by Crippen LogP contribution is 2.20. The number of rotatable bonds is 5. The molecule has 2 aromatic rings. The van der Waals surface area contributed by atoms with E-state index >= 15 is 0 Å². The summed E-state index contributed by atoms with van der Waals surface area (Å²) < 4.78 is 0. The van der Waals surface area contributed by atoms with Gasteiger partial charge in [0.15, 0.2) is 0 Å². The van der Waals surface area contributed by atoms with Gasteiger partial charge in [0, 0.05) is 35.9 Å². The summed E-state index contributed by atoms with van der Waals surface area (Å²) >= 11 is 5.86. The summed E-state index contributed by atoms with van der Waals surface area (Å²) in [6.07, 6.45) is 3.31. The van der Waals surface area contributed by atoms with Crippen molar-refractivity contribution in [1.29, 1.82) is 0 Å². The topological polar surface area (TPSA) is 32.3 Å². The second kappa shape index (κ2) is 7.51. The van der Waals surface area contributed by atoms with Crippen LogP contribution in [0, 0.1) is 0 Å². The lowest BCUT2D eigenvalue weighted by atomic mass is 10.1. The second-order valence-electron chi connectivity index (χ2n) is 5.87. The molecule has 1 fully saturated rings. The van der Waals surface area contributed by atoms with Crippen molar-refractivity contribution in [1.82, 2.24) is 5.32 Å². The lowest BCUT2D eigenvalue weighted by Crippen LogP contribution is -2.25. The lowest BCUT2D eigenvalue weighted by molar-refractivity contribution is 0.0954. The highest BCUT2D eigenvalue weighted by molar-refractivity contribution is 6.30. The van der Waals surface area contributed by atoms with Crippen molar-refractivity contribution >= 4 is 23.2 Å². The Hall–Kier alpha value is -2.00. The standard InChI is InChI=1S/C19H21ClN2O/c20-17-7-3-15(4-8-17)11-12-21-19(23)16-5-9-18(10-6-16)22-13-1-2-14-22/h3-10H,1-2,11-14H2,(H,21,23). The van der Waals surface area contributed by atoms with Gasteiger partial charge in [-0.2, -0.15) is 0 Å². The van der Waals surface area contributed by atoms with Crippen molar-refractivity contribution in [2.75, 3.05) is 24.5 Å². The number of benzene rings is 2. The summed E-state index contributed by atoms with van der Waals surface area (Å²) in [5.74, 6) is -0.0214. The first-order valence-corrected chi connectivity index (χ1v) is 8.48. The molecule has 1 aliphatic rings. The first kappa shape index (κ1) is 15.9. The van der Waals surface area contributed by atoms with Gasteiger partial charge in [-0.3, -0.25) is 4.79 Å². The van der Waals surface area contributed by atoms with Crippen molar-refractivity contribution in [2.45, 2.75) is 19.3 Å². The van der Waals surface area contributed by atoms with E-state index in [1.807, 2.05) is 48.5 Å². The van der Waals surface area contributed by atoms with E-state index < -0.39 is 0 Å². The van der Waals surface area contributed by atoms with Gasteiger partial charge in [0.05, 0.1) is 0 Å². The van der Waals surface area contributed by atoms with Gasteiger partial charge >= 0.3 is 0 Å². The van der Waals surface area contributed by atoms with Gasteiger partial charge in [-0.05, 0) is 61.2 Å². The quantitative estimate of drug-likeness (QED) is 0.902. The molecular formula is C19H21ClN2O. The fourth-order valence-electron chi connectivity index (χ4n) is 2.87. The maximum Gasteiger partial charge on any atom is 0.251 e. The number of nitrogens with zero attached hydrogens (tertiary/aromatic N) is 1. The van der Waals surface area contributed by atoms with E-state index in [1.54, 1.807) is 0 Å². The third-order valence-corrected chi connectivity index (χ3v) is 4.47. The molecular weight excluding hydrogens is 308 g/mol. The zero-order valence-electron chi connectivity index (χ0n) is 13.1. The minimum Gasteiger partial charge on any atom is -0.372 e. The summed E-state index contributed by atoms with van der Waals surface area (Å²) in [5, 5.41) is 3.70. The van der Waals surface area contributed by atoms with E-state index in [4.69, 9.17) is 11.6 Å². The van der Waals surface area contributed by atoms with Gasteiger partial charge in [-0.1, -0.05) is 23.7 Å². The lowest BCUT2D eigenvalue weighted by Gasteiger charge is -2.17. The van der Waals surface area contributed by atoms with Crippen LogP contribution in [-0.4, -0.2) is 25.5 Å². The number of amides is 1. The van der Waals surface area contributed by atoms with Gasteiger partial charge in [0.2, 0.25) is 0 Å². The van der Waals surface area contributed by atoms with Gasteiger partial charge < -0.3 is 10.2 Å². The van der Waals surface area contributed by atoms with Crippen LogP contribution in [-0.2, 0) is 6.42 Å². The summed E-state index contributed by atoms with van der Waals surface area (Å²) in [6.45, 7) is 2.85. The molecule has 120 valence electrons. The number of nitrogens with one attached hydrogen (secondary N) is 1. The van der Waals surface area contributed by atoms with Crippen LogP contribution < -0.4 is 10.2 Å². The van der Waals surface area contributed by atoms with Crippen molar-refractivity contribution in [2.24, 2.45) is 0 Å². The van der Waals surface area contributed by atoms with E-state index in [9.17, 15) is 4.79 Å². The molecule has 0 atom stereocenters. The molecule has 0 aromatic heterocycles. The molecule has 3 nitrogen and oxygen atoms in total. The van der Waals surface area contributed by atoms with Crippen LogP contribution in [0.2, 0.25) is 5.02 Å². The predicted octanol–water partition coefficient (Wildman–Crippen LogP) is 3.91. The first-order valence-electron chi connectivity index (χ1n) is 8.10. The number of carbonyl (C=O) groups excluding carboxylic acids is 1. The highest BCUT2D eigenvalue weighted by Gasteiger charge is 2.12. The maximum atomic E-state index is 12.2. The van der Waals surface area contributed by atoms with Crippen molar-refractivity contribution in [3.05, 3.63) is 64.7 Å². The fourth-order valence-corrected chi connectivity index (χ4v) is 3.00. The number of anilines is 1. The first-order chi connectivity index (χ1) is 11.2. The van der Waals surface area contributed by atoms with Crippen LogP contribution >= 0.6 is 11.6 Å². The van der Waals surface area contributed by atoms with Crippen LogP contribution in [0.5, 0.6) is 0 Å². The Bertz CT molecular complexity index is 646. The molecule has 23 heavy (non-hydrogen) atoms. The molecule has 0 bridgehead atoms. The van der Waals surface area contributed by atoms with E-state index in [-0.39, 0.29) is 5.91 Å². The summed E-state index contributed by atoms with van der Waals surface area (Å²) in [7, 11) is 0. The van der Waals surface area contributed by atoms with Crippen LogP contribution in [0.4, 0.5) is 5.69 Å². The largest absolute Gasteiger partial charge is 0.372 e. The number of carbonyl (C=O) groups is 1. The van der Waals surface area contributed by atoms with Crippen molar-refractivity contribution in [3.8, 4) is 0 Å². The Balaban J connectivity index is 1.50. The van der Waals surface area contributed by atoms with E-state index in [0.717, 1.165) is 24.5 Å². The molecule has 1 amide bonds. The molecule has 0 radical (unpaired) electrons. The van der Waals surface area contributed by atoms with Crippen molar-refractivity contribution < 1.29 is 4.79 Å². The zero-order valence-corrected chi connectivity index (χ0v) is 13.9. The van der Waals surface area contributed by atoms with Gasteiger partial charge in [0.25, 0.3) is 5.91 Å². The second-order valence-corrected chi connectivity index (χ2v) is 6.31. The Morgan fingerprint density at radius 1 is 1.00 bits per heavy atom. The normalized spacial score (nSPS) is 14.0. The molecule has 0 spiro atoms. The molecule has 2 aromatic carbocycles. The smallest absolute Gasteiger partial charge is 0.251 e. The Morgan fingerprint density at radius 2 is 1.65 bits per heavy atom.